The smallest absolute Gasteiger partial charge is 0.254 e. The zero-order valence-corrected chi connectivity index (χ0v) is 14.8. The minimum Gasteiger partial charge on any atom is -0.347 e. The van der Waals surface area contributed by atoms with E-state index in [1.165, 1.54) is 6.07 Å². The van der Waals surface area contributed by atoms with E-state index in [2.05, 4.69) is 16.8 Å². The fourth-order valence-electron chi connectivity index (χ4n) is 3.88. The highest BCUT2D eigenvalue weighted by Crippen LogP contribution is 2.52. The topological polar surface area (TPSA) is 105 Å². The van der Waals surface area contributed by atoms with Crippen LogP contribution in [0.2, 0.25) is 5.02 Å². The maximum Gasteiger partial charge on any atom is 0.254 e. The highest BCUT2D eigenvalue weighted by atomic mass is 35.5. The number of hydroxylamine groups is 2. The summed E-state index contributed by atoms with van der Waals surface area (Å²) >= 11 is 5.96. The molecule has 3 aliphatic carbocycles. The lowest BCUT2D eigenvalue weighted by atomic mass is 9.58. The van der Waals surface area contributed by atoms with Gasteiger partial charge in [0, 0.05) is 15.5 Å². The van der Waals surface area contributed by atoms with E-state index in [-0.39, 0.29) is 28.1 Å². The Kier molecular flexibility index (Phi) is 4.41. The molecule has 0 saturated heterocycles. The van der Waals surface area contributed by atoms with E-state index < -0.39 is 4.92 Å². The number of halogens is 1. The van der Waals surface area contributed by atoms with E-state index in [1.54, 1.807) is 12.1 Å². The second-order valence-corrected chi connectivity index (χ2v) is 7.78. The van der Waals surface area contributed by atoms with Crippen molar-refractivity contribution >= 4 is 23.2 Å². The Bertz CT molecular complexity index is 714. The molecule has 0 atom stereocenters. The van der Waals surface area contributed by atoms with Gasteiger partial charge in [-0.05, 0) is 56.7 Å². The van der Waals surface area contributed by atoms with Crippen LogP contribution in [0.15, 0.2) is 18.2 Å². The number of benzene rings is 1. The SMILES string of the molecule is C[N+](O)(O)Nc1cc(Cl)ccc1C(=O)NC12CCC(C#N)(CC1)CC2. The van der Waals surface area contributed by atoms with Crippen molar-refractivity contribution < 1.29 is 20.1 Å². The Morgan fingerprint density at radius 3 is 2.36 bits per heavy atom. The summed E-state index contributed by atoms with van der Waals surface area (Å²) in [6.45, 7) is 0. The summed E-state index contributed by atoms with van der Waals surface area (Å²) in [6, 6.07) is 7.06. The lowest BCUT2D eigenvalue weighted by Crippen LogP contribution is -2.56. The number of nitrogens with one attached hydrogen (secondary N) is 2. The van der Waals surface area contributed by atoms with Gasteiger partial charge < -0.3 is 5.32 Å². The monoisotopic (exact) mass is 365 g/mol. The number of quaternary nitrogens is 1. The van der Waals surface area contributed by atoms with Gasteiger partial charge in [-0.15, -0.1) is 0 Å². The number of anilines is 1. The number of fused-ring (bicyclic) bond motifs is 3. The molecule has 4 N–H and O–H groups in total. The van der Waals surface area contributed by atoms with Crippen LogP contribution in [0, 0.1) is 16.7 Å². The standard InChI is InChI=1S/C17H21ClN4O3/c1-22(24,25)21-14-10-12(18)2-3-13(14)15(23)20-17-7-4-16(11-19,5-8-17)6-9-17/h2-3,10,24-25H,4-9H2,1H3,(H-,20,21,23)/p+1. The number of hydrogen-bond donors (Lipinski definition) is 4. The van der Waals surface area contributed by atoms with Crippen LogP contribution in [-0.2, 0) is 0 Å². The van der Waals surface area contributed by atoms with Gasteiger partial charge in [-0.25, -0.2) is 0 Å². The summed E-state index contributed by atoms with van der Waals surface area (Å²) in [5, 5.41) is 31.9. The zero-order chi connectivity index (χ0) is 18.3. The Hall–Kier alpha value is -1.85. The predicted molar refractivity (Wildman–Crippen MR) is 90.8 cm³/mol. The average Bonchev–Trinajstić information content (AvgIpc) is 2.55. The molecule has 1 aromatic carbocycles. The zero-order valence-electron chi connectivity index (χ0n) is 14.0. The maximum atomic E-state index is 12.8. The second-order valence-electron chi connectivity index (χ2n) is 7.34. The first-order chi connectivity index (χ1) is 11.7. The number of nitriles is 1. The maximum absolute atomic E-state index is 12.8. The molecule has 1 amide bonds. The largest absolute Gasteiger partial charge is 0.347 e. The highest BCUT2D eigenvalue weighted by molar-refractivity contribution is 6.31. The van der Waals surface area contributed by atoms with Gasteiger partial charge in [0.15, 0.2) is 7.05 Å². The van der Waals surface area contributed by atoms with Gasteiger partial charge in [0.2, 0.25) is 0 Å². The van der Waals surface area contributed by atoms with Crippen LogP contribution < -0.4 is 10.7 Å². The van der Waals surface area contributed by atoms with Crippen LogP contribution >= 0.6 is 11.6 Å². The van der Waals surface area contributed by atoms with Crippen LogP contribution in [0.5, 0.6) is 0 Å². The van der Waals surface area contributed by atoms with Crippen molar-refractivity contribution in [2.75, 3.05) is 12.5 Å². The molecule has 25 heavy (non-hydrogen) atoms. The molecule has 4 rings (SSSR count). The summed E-state index contributed by atoms with van der Waals surface area (Å²) in [5.74, 6) is -0.293. The quantitative estimate of drug-likeness (QED) is 0.484. The Labute approximate surface area is 151 Å². The van der Waals surface area contributed by atoms with Gasteiger partial charge in [0.25, 0.3) is 5.91 Å². The van der Waals surface area contributed by atoms with Gasteiger partial charge in [0.05, 0.1) is 17.0 Å². The molecule has 0 aromatic heterocycles. The Morgan fingerprint density at radius 2 is 1.84 bits per heavy atom. The molecular formula is C17H22ClN4O3+. The number of carbonyl (C=O) groups excluding carboxylic acids is 1. The third kappa shape index (κ3) is 3.72. The van der Waals surface area contributed by atoms with Crippen molar-refractivity contribution in [2.45, 2.75) is 44.1 Å². The van der Waals surface area contributed by atoms with Gasteiger partial charge in [-0.2, -0.15) is 21.1 Å². The lowest BCUT2D eigenvalue weighted by Gasteiger charge is -2.50. The molecule has 0 spiro atoms. The molecule has 8 heteroatoms. The molecule has 3 fully saturated rings. The molecule has 3 saturated carbocycles. The lowest BCUT2D eigenvalue weighted by molar-refractivity contribution is -1.22. The van der Waals surface area contributed by atoms with Crippen molar-refractivity contribution in [3.8, 4) is 6.07 Å². The van der Waals surface area contributed by atoms with Crippen molar-refractivity contribution in [1.82, 2.24) is 5.32 Å². The predicted octanol–water partition coefficient (Wildman–Crippen LogP) is 3.24. The summed E-state index contributed by atoms with van der Waals surface area (Å²) in [6.07, 6.45) is 4.77. The fraction of sp³-hybridized carbons (Fsp3) is 0.529. The first-order valence-electron chi connectivity index (χ1n) is 8.30. The Morgan fingerprint density at radius 1 is 1.24 bits per heavy atom. The summed E-state index contributed by atoms with van der Waals surface area (Å²) < 4.78 is 0. The number of rotatable bonds is 4. The molecule has 0 radical (unpaired) electrons. The molecule has 0 heterocycles. The molecule has 134 valence electrons. The van der Waals surface area contributed by atoms with E-state index in [1.807, 2.05) is 0 Å². The van der Waals surface area contributed by atoms with Crippen LogP contribution in [0.3, 0.4) is 0 Å². The van der Waals surface area contributed by atoms with Crippen molar-refractivity contribution in [3.63, 3.8) is 0 Å². The Balaban J connectivity index is 1.80. The molecule has 0 unspecified atom stereocenters. The van der Waals surface area contributed by atoms with Gasteiger partial charge in [-0.3, -0.25) is 4.79 Å². The summed E-state index contributed by atoms with van der Waals surface area (Å²) in [7, 11) is 1.10. The van der Waals surface area contributed by atoms with Crippen LogP contribution in [-0.4, -0.2) is 33.8 Å². The average molecular weight is 366 g/mol. The molecule has 3 aliphatic rings. The normalized spacial score (nSPS) is 28.3. The van der Waals surface area contributed by atoms with Crippen molar-refractivity contribution in [3.05, 3.63) is 28.8 Å². The van der Waals surface area contributed by atoms with E-state index in [0.29, 0.717) is 5.02 Å². The van der Waals surface area contributed by atoms with E-state index >= 15 is 0 Å². The number of carbonyl (C=O) groups is 1. The highest BCUT2D eigenvalue weighted by Gasteiger charge is 2.49. The third-order valence-electron chi connectivity index (χ3n) is 5.42. The van der Waals surface area contributed by atoms with Crippen LogP contribution in [0.4, 0.5) is 5.69 Å². The van der Waals surface area contributed by atoms with Crippen molar-refractivity contribution in [1.29, 1.82) is 5.26 Å². The molecule has 7 nitrogen and oxygen atoms in total. The van der Waals surface area contributed by atoms with E-state index in [9.17, 15) is 20.5 Å². The molecular weight excluding hydrogens is 344 g/mol. The molecule has 1 aromatic rings. The minimum atomic E-state index is -1.52. The molecule has 2 bridgehead atoms. The van der Waals surface area contributed by atoms with Crippen LogP contribution in [0.1, 0.15) is 48.9 Å². The third-order valence-corrected chi connectivity index (χ3v) is 5.66. The van der Waals surface area contributed by atoms with Crippen LogP contribution in [0.25, 0.3) is 0 Å². The first-order valence-corrected chi connectivity index (χ1v) is 8.67. The van der Waals surface area contributed by atoms with E-state index in [4.69, 9.17) is 11.6 Å². The fourth-order valence-corrected chi connectivity index (χ4v) is 4.06. The van der Waals surface area contributed by atoms with Gasteiger partial charge in [-0.1, -0.05) is 11.6 Å². The van der Waals surface area contributed by atoms with Gasteiger partial charge in [0.1, 0.15) is 5.69 Å². The second kappa shape index (κ2) is 6.15. The van der Waals surface area contributed by atoms with E-state index in [0.717, 1.165) is 45.6 Å². The number of hydrogen-bond acceptors (Lipinski definition) is 5. The summed E-state index contributed by atoms with van der Waals surface area (Å²) in [4.78, 5) is 11.3. The number of amides is 1. The summed E-state index contributed by atoms with van der Waals surface area (Å²) in [5.41, 5.74) is 2.43. The first kappa shape index (κ1) is 18.0. The molecule has 0 aliphatic heterocycles. The number of nitrogens with zero attached hydrogens (tertiary/aromatic N) is 2. The van der Waals surface area contributed by atoms with Crippen molar-refractivity contribution in [2.24, 2.45) is 5.41 Å². The minimum absolute atomic E-state index is 0.216. The van der Waals surface area contributed by atoms with Gasteiger partial charge >= 0.3 is 0 Å².